The standard InChI is InChI=1S/C15H13N3OS.ClH/c16-14(12-4-6-20-9-12)15(19)18-13-2-1-11-8-17-5-3-10(11)7-13;/h1-9,14H,16H2,(H,18,19);1H. The molecule has 3 aromatic rings. The highest BCUT2D eigenvalue weighted by atomic mass is 35.5. The number of hydrogen-bond donors (Lipinski definition) is 2. The topological polar surface area (TPSA) is 68.0 Å². The molecule has 1 atom stereocenters. The molecule has 3 N–H and O–H groups in total. The number of hydrogen-bond acceptors (Lipinski definition) is 4. The first-order chi connectivity index (χ1) is 9.74. The van der Waals surface area contributed by atoms with Gasteiger partial charge < -0.3 is 11.1 Å². The molecule has 1 unspecified atom stereocenters. The molecule has 2 aromatic heterocycles. The highest BCUT2D eigenvalue weighted by Gasteiger charge is 2.16. The maximum Gasteiger partial charge on any atom is 0.245 e. The summed E-state index contributed by atoms with van der Waals surface area (Å²) >= 11 is 1.53. The maximum absolute atomic E-state index is 12.1. The van der Waals surface area contributed by atoms with Crippen LogP contribution in [0.15, 0.2) is 53.5 Å². The van der Waals surface area contributed by atoms with Gasteiger partial charge in [-0.05, 0) is 46.0 Å². The van der Waals surface area contributed by atoms with E-state index in [-0.39, 0.29) is 18.3 Å². The molecule has 4 nitrogen and oxygen atoms in total. The van der Waals surface area contributed by atoms with Gasteiger partial charge in [0.05, 0.1) is 0 Å². The minimum absolute atomic E-state index is 0. The second-order valence-electron chi connectivity index (χ2n) is 4.46. The predicted octanol–water partition coefficient (Wildman–Crippen LogP) is 3.36. The fraction of sp³-hybridized carbons (Fsp3) is 0.0667. The minimum Gasteiger partial charge on any atom is -0.324 e. The Morgan fingerprint density at radius 2 is 2.10 bits per heavy atom. The Bertz CT molecular complexity index is 746. The molecule has 1 aromatic carbocycles. The van der Waals surface area contributed by atoms with Crippen molar-refractivity contribution in [3.05, 3.63) is 59.0 Å². The van der Waals surface area contributed by atoms with Crippen molar-refractivity contribution in [3.8, 4) is 0 Å². The third-order valence-electron chi connectivity index (χ3n) is 3.09. The fourth-order valence-corrected chi connectivity index (χ4v) is 2.68. The van der Waals surface area contributed by atoms with E-state index in [1.54, 1.807) is 12.4 Å². The summed E-state index contributed by atoms with van der Waals surface area (Å²) in [6.07, 6.45) is 3.52. The molecule has 0 aliphatic carbocycles. The van der Waals surface area contributed by atoms with E-state index in [4.69, 9.17) is 5.73 Å². The maximum atomic E-state index is 12.1. The monoisotopic (exact) mass is 319 g/mol. The largest absolute Gasteiger partial charge is 0.324 e. The van der Waals surface area contributed by atoms with Crippen LogP contribution in [0.2, 0.25) is 0 Å². The Balaban J connectivity index is 0.00000161. The van der Waals surface area contributed by atoms with Crippen LogP contribution in [-0.2, 0) is 4.79 Å². The van der Waals surface area contributed by atoms with Gasteiger partial charge in [0.1, 0.15) is 6.04 Å². The minimum atomic E-state index is -0.644. The van der Waals surface area contributed by atoms with Gasteiger partial charge in [-0.1, -0.05) is 6.07 Å². The molecular formula is C15H14ClN3OS. The van der Waals surface area contributed by atoms with Gasteiger partial charge in [0.15, 0.2) is 0 Å². The number of carbonyl (C=O) groups excluding carboxylic acids is 1. The number of nitrogens with zero attached hydrogens (tertiary/aromatic N) is 1. The average molecular weight is 320 g/mol. The van der Waals surface area contributed by atoms with Gasteiger partial charge in [-0.3, -0.25) is 9.78 Å². The number of amides is 1. The Kier molecular flexibility index (Phi) is 4.90. The zero-order chi connectivity index (χ0) is 13.9. The number of aromatic nitrogens is 1. The summed E-state index contributed by atoms with van der Waals surface area (Å²) < 4.78 is 0. The highest BCUT2D eigenvalue weighted by molar-refractivity contribution is 7.08. The average Bonchev–Trinajstić information content (AvgIpc) is 3.00. The van der Waals surface area contributed by atoms with Crippen LogP contribution in [0.3, 0.4) is 0 Å². The first-order valence-electron chi connectivity index (χ1n) is 6.16. The van der Waals surface area contributed by atoms with Gasteiger partial charge in [0.25, 0.3) is 0 Å². The van der Waals surface area contributed by atoms with Crippen molar-refractivity contribution in [2.75, 3.05) is 5.32 Å². The summed E-state index contributed by atoms with van der Waals surface area (Å²) in [6.45, 7) is 0. The molecule has 108 valence electrons. The van der Waals surface area contributed by atoms with E-state index in [2.05, 4.69) is 10.3 Å². The van der Waals surface area contributed by atoms with Crippen LogP contribution < -0.4 is 11.1 Å². The van der Waals surface area contributed by atoms with E-state index >= 15 is 0 Å². The quantitative estimate of drug-likeness (QED) is 0.778. The number of rotatable bonds is 3. The van der Waals surface area contributed by atoms with Gasteiger partial charge in [0.2, 0.25) is 5.91 Å². The Hall–Kier alpha value is -1.95. The van der Waals surface area contributed by atoms with E-state index in [1.165, 1.54) is 11.3 Å². The summed E-state index contributed by atoms with van der Waals surface area (Å²) in [5, 5.41) is 8.70. The summed E-state index contributed by atoms with van der Waals surface area (Å²) in [6, 6.07) is 8.81. The van der Waals surface area contributed by atoms with Crippen LogP contribution in [0.5, 0.6) is 0 Å². The fourth-order valence-electron chi connectivity index (χ4n) is 1.98. The molecule has 21 heavy (non-hydrogen) atoms. The van der Waals surface area contributed by atoms with E-state index in [0.29, 0.717) is 0 Å². The number of pyridine rings is 1. The van der Waals surface area contributed by atoms with Crippen LogP contribution in [0.25, 0.3) is 10.8 Å². The van der Waals surface area contributed by atoms with E-state index < -0.39 is 6.04 Å². The first kappa shape index (κ1) is 15.4. The van der Waals surface area contributed by atoms with Gasteiger partial charge >= 0.3 is 0 Å². The molecule has 0 radical (unpaired) electrons. The third kappa shape index (κ3) is 3.39. The number of carbonyl (C=O) groups is 1. The van der Waals surface area contributed by atoms with Crippen molar-refractivity contribution in [2.24, 2.45) is 5.73 Å². The van der Waals surface area contributed by atoms with Gasteiger partial charge in [-0.2, -0.15) is 11.3 Å². The summed E-state index contributed by atoms with van der Waals surface area (Å²) in [5.74, 6) is -0.211. The Labute approximate surface area is 132 Å². The normalized spacial score (nSPS) is 11.7. The second-order valence-corrected chi connectivity index (χ2v) is 5.24. The zero-order valence-electron chi connectivity index (χ0n) is 11.0. The van der Waals surface area contributed by atoms with E-state index in [0.717, 1.165) is 22.0 Å². The van der Waals surface area contributed by atoms with Crippen molar-refractivity contribution in [2.45, 2.75) is 6.04 Å². The second kappa shape index (κ2) is 6.67. The Morgan fingerprint density at radius 1 is 1.24 bits per heavy atom. The smallest absolute Gasteiger partial charge is 0.245 e. The molecule has 1 amide bonds. The third-order valence-corrected chi connectivity index (χ3v) is 3.79. The summed E-state index contributed by atoms with van der Waals surface area (Å²) in [7, 11) is 0. The van der Waals surface area contributed by atoms with Crippen molar-refractivity contribution in [1.82, 2.24) is 4.98 Å². The summed E-state index contributed by atoms with van der Waals surface area (Å²) in [4.78, 5) is 16.2. The molecule has 3 rings (SSSR count). The number of fused-ring (bicyclic) bond motifs is 1. The number of anilines is 1. The Morgan fingerprint density at radius 3 is 2.86 bits per heavy atom. The van der Waals surface area contributed by atoms with Crippen molar-refractivity contribution < 1.29 is 4.79 Å². The molecular weight excluding hydrogens is 306 g/mol. The van der Waals surface area contributed by atoms with Gasteiger partial charge in [-0.15, -0.1) is 12.4 Å². The number of benzene rings is 1. The van der Waals surface area contributed by atoms with E-state index in [9.17, 15) is 4.79 Å². The van der Waals surface area contributed by atoms with Crippen LogP contribution >= 0.6 is 23.7 Å². The van der Waals surface area contributed by atoms with Crippen LogP contribution in [0.4, 0.5) is 5.69 Å². The van der Waals surface area contributed by atoms with Crippen LogP contribution in [-0.4, -0.2) is 10.9 Å². The predicted molar refractivity (Wildman–Crippen MR) is 88.9 cm³/mol. The summed E-state index contributed by atoms with van der Waals surface area (Å²) in [5.41, 5.74) is 7.49. The highest BCUT2D eigenvalue weighted by Crippen LogP contribution is 2.20. The molecule has 6 heteroatoms. The van der Waals surface area contributed by atoms with Crippen LogP contribution in [0, 0.1) is 0 Å². The van der Waals surface area contributed by atoms with Crippen LogP contribution in [0.1, 0.15) is 11.6 Å². The molecule has 0 bridgehead atoms. The lowest BCUT2D eigenvalue weighted by Gasteiger charge is -2.11. The molecule has 0 fully saturated rings. The zero-order valence-corrected chi connectivity index (χ0v) is 12.7. The van der Waals surface area contributed by atoms with Crippen molar-refractivity contribution >= 4 is 46.1 Å². The molecule has 0 aliphatic heterocycles. The number of nitrogens with one attached hydrogen (secondary N) is 1. The van der Waals surface area contributed by atoms with Crippen molar-refractivity contribution in [3.63, 3.8) is 0 Å². The molecule has 0 saturated carbocycles. The molecule has 0 aliphatic rings. The lowest BCUT2D eigenvalue weighted by atomic mass is 10.1. The number of nitrogens with two attached hydrogens (primary N) is 1. The lowest BCUT2D eigenvalue weighted by molar-refractivity contribution is -0.117. The van der Waals surface area contributed by atoms with Gasteiger partial charge in [0, 0.05) is 23.5 Å². The number of thiophene rings is 1. The van der Waals surface area contributed by atoms with E-state index in [1.807, 2.05) is 41.1 Å². The van der Waals surface area contributed by atoms with Gasteiger partial charge in [-0.25, -0.2) is 0 Å². The molecule has 0 spiro atoms. The molecule has 0 saturated heterocycles. The first-order valence-corrected chi connectivity index (χ1v) is 7.10. The van der Waals surface area contributed by atoms with Crippen molar-refractivity contribution in [1.29, 1.82) is 0 Å². The molecule has 2 heterocycles. The lowest BCUT2D eigenvalue weighted by Crippen LogP contribution is -2.27. The number of halogens is 1. The SMILES string of the molecule is Cl.NC(C(=O)Nc1ccc2cnccc2c1)c1ccsc1.